The molecular weight excluding hydrogens is 232 g/mol. The molecule has 3 nitrogen and oxygen atoms in total. The Hall–Kier alpha value is -0.350. The van der Waals surface area contributed by atoms with E-state index in [4.69, 9.17) is 17.0 Å². The van der Waals surface area contributed by atoms with Gasteiger partial charge in [-0.15, -0.1) is 0 Å². The molecule has 1 atom stereocenters. The standard InChI is InChI=1S/C13H26N2OS/c1-3-12-7-5-9-15(11-12)13(17)14-8-6-10-16-4-2/h12H,3-11H2,1-2H3,(H,14,17). The lowest BCUT2D eigenvalue weighted by atomic mass is 9.96. The van der Waals surface area contributed by atoms with E-state index in [1.54, 1.807) is 0 Å². The van der Waals surface area contributed by atoms with Crippen molar-refractivity contribution in [1.29, 1.82) is 0 Å². The van der Waals surface area contributed by atoms with Crippen LogP contribution in [0.1, 0.15) is 39.5 Å². The third-order valence-electron chi connectivity index (χ3n) is 3.33. The maximum Gasteiger partial charge on any atom is 0.168 e. The molecule has 17 heavy (non-hydrogen) atoms. The van der Waals surface area contributed by atoms with Gasteiger partial charge in [-0.2, -0.15) is 0 Å². The zero-order valence-corrected chi connectivity index (χ0v) is 12.0. The Labute approximate surface area is 111 Å². The molecule has 0 amide bonds. The number of likely N-dealkylation sites (tertiary alicyclic amines) is 1. The smallest absolute Gasteiger partial charge is 0.168 e. The first-order valence-corrected chi connectivity index (χ1v) is 7.29. The molecule has 4 heteroatoms. The minimum absolute atomic E-state index is 0.800. The van der Waals surface area contributed by atoms with Crippen LogP contribution in [-0.4, -0.2) is 42.9 Å². The monoisotopic (exact) mass is 258 g/mol. The fraction of sp³-hybridized carbons (Fsp3) is 0.923. The van der Waals surface area contributed by atoms with E-state index in [2.05, 4.69) is 17.1 Å². The van der Waals surface area contributed by atoms with Crippen LogP contribution in [0.4, 0.5) is 0 Å². The number of rotatable bonds is 6. The second-order valence-electron chi connectivity index (χ2n) is 4.64. The number of ether oxygens (including phenoxy) is 1. The largest absolute Gasteiger partial charge is 0.382 e. The number of hydrogen-bond donors (Lipinski definition) is 1. The second kappa shape index (κ2) is 8.70. The van der Waals surface area contributed by atoms with Gasteiger partial charge in [0.2, 0.25) is 0 Å². The molecule has 0 aliphatic carbocycles. The average Bonchev–Trinajstić information content (AvgIpc) is 2.38. The van der Waals surface area contributed by atoms with Crippen molar-refractivity contribution in [3.63, 3.8) is 0 Å². The van der Waals surface area contributed by atoms with Crippen LogP contribution in [0.3, 0.4) is 0 Å². The summed E-state index contributed by atoms with van der Waals surface area (Å²) in [5.41, 5.74) is 0. The molecule has 1 heterocycles. The van der Waals surface area contributed by atoms with Gasteiger partial charge in [0, 0.05) is 32.8 Å². The Morgan fingerprint density at radius 3 is 3.00 bits per heavy atom. The molecule has 100 valence electrons. The maximum atomic E-state index is 5.43. The predicted molar refractivity (Wildman–Crippen MR) is 76.3 cm³/mol. The van der Waals surface area contributed by atoms with E-state index in [1.165, 1.54) is 19.3 Å². The maximum absolute atomic E-state index is 5.43. The quantitative estimate of drug-likeness (QED) is 0.584. The minimum Gasteiger partial charge on any atom is -0.382 e. The van der Waals surface area contributed by atoms with E-state index in [-0.39, 0.29) is 0 Å². The van der Waals surface area contributed by atoms with Crippen molar-refractivity contribution in [2.24, 2.45) is 5.92 Å². The number of hydrogen-bond acceptors (Lipinski definition) is 2. The zero-order valence-electron chi connectivity index (χ0n) is 11.2. The van der Waals surface area contributed by atoms with E-state index < -0.39 is 0 Å². The molecule has 0 saturated carbocycles. The van der Waals surface area contributed by atoms with Gasteiger partial charge in [0.1, 0.15) is 0 Å². The Balaban J connectivity index is 2.14. The third kappa shape index (κ3) is 5.68. The number of piperidine rings is 1. The summed E-state index contributed by atoms with van der Waals surface area (Å²) in [5.74, 6) is 0.826. The lowest BCUT2D eigenvalue weighted by Crippen LogP contribution is -2.45. The highest BCUT2D eigenvalue weighted by Gasteiger charge is 2.19. The Kier molecular flexibility index (Phi) is 7.53. The molecule has 1 unspecified atom stereocenters. The molecule has 0 aromatic rings. The van der Waals surface area contributed by atoms with Crippen LogP contribution < -0.4 is 5.32 Å². The van der Waals surface area contributed by atoms with Gasteiger partial charge in [-0.3, -0.25) is 0 Å². The first-order valence-electron chi connectivity index (χ1n) is 6.88. The van der Waals surface area contributed by atoms with Crippen LogP contribution in [0.25, 0.3) is 0 Å². The molecular formula is C13H26N2OS. The van der Waals surface area contributed by atoms with Gasteiger partial charge in [0.05, 0.1) is 0 Å². The number of nitrogens with zero attached hydrogens (tertiary/aromatic N) is 1. The van der Waals surface area contributed by atoms with Gasteiger partial charge in [-0.05, 0) is 44.3 Å². The van der Waals surface area contributed by atoms with Crippen molar-refractivity contribution in [3.05, 3.63) is 0 Å². The van der Waals surface area contributed by atoms with Crippen LogP contribution in [0.5, 0.6) is 0 Å². The number of thiocarbonyl (C=S) groups is 1. The molecule has 0 aromatic heterocycles. The molecule has 0 aromatic carbocycles. The Morgan fingerprint density at radius 2 is 2.29 bits per heavy atom. The summed E-state index contributed by atoms with van der Waals surface area (Å²) in [6.07, 6.45) is 4.93. The lowest BCUT2D eigenvalue weighted by Gasteiger charge is -2.34. The summed E-state index contributed by atoms with van der Waals surface area (Å²) in [4.78, 5) is 2.33. The normalized spacial score (nSPS) is 20.4. The van der Waals surface area contributed by atoms with Crippen LogP contribution in [0.15, 0.2) is 0 Å². The Morgan fingerprint density at radius 1 is 1.47 bits per heavy atom. The van der Waals surface area contributed by atoms with Gasteiger partial charge in [0.15, 0.2) is 5.11 Å². The fourth-order valence-corrected chi connectivity index (χ4v) is 2.48. The highest BCUT2D eigenvalue weighted by Crippen LogP contribution is 2.18. The van der Waals surface area contributed by atoms with Crippen LogP contribution in [0, 0.1) is 5.92 Å². The summed E-state index contributed by atoms with van der Waals surface area (Å²) in [7, 11) is 0. The molecule has 0 radical (unpaired) electrons. The van der Waals surface area contributed by atoms with Crippen molar-refractivity contribution in [1.82, 2.24) is 10.2 Å². The number of nitrogens with one attached hydrogen (secondary N) is 1. The van der Waals surface area contributed by atoms with E-state index in [9.17, 15) is 0 Å². The summed E-state index contributed by atoms with van der Waals surface area (Å²) in [6, 6.07) is 0. The first-order chi connectivity index (χ1) is 8.27. The van der Waals surface area contributed by atoms with E-state index in [0.717, 1.165) is 50.3 Å². The SMILES string of the molecule is CCOCCCNC(=S)N1CCCC(CC)C1. The van der Waals surface area contributed by atoms with Gasteiger partial charge >= 0.3 is 0 Å². The second-order valence-corrected chi connectivity index (χ2v) is 5.03. The molecule has 1 saturated heterocycles. The molecule has 0 bridgehead atoms. The predicted octanol–water partition coefficient (Wildman–Crippen LogP) is 2.41. The molecule has 0 spiro atoms. The van der Waals surface area contributed by atoms with E-state index >= 15 is 0 Å². The van der Waals surface area contributed by atoms with Crippen molar-refractivity contribution >= 4 is 17.3 Å². The average molecular weight is 258 g/mol. The summed E-state index contributed by atoms with van der Waals surface area (Å²) in [5, 5.41) is 4.26. The van der Waals surface area contributed by atoms with Gasteiger partial charge in [-0.1, -0.05) is 13.3 Å². The van der Waals surface area contributed by atoms with Crippen LogP contribution >= 0.6 is 12.2 Å². The highest BCUT2D eigenvalue weighted by atomic mass is 32.1. The molecule has 1 rings (SSSR count). The molecule has 1 aliphatic heterocycles. The zero-order chi connectivity index (χ0) is 12.5. The van der Waals surface area contributed by atoms with Gasteiger partial charge in [0.25, 0.3) is 0 Å². The van der Waals surface area contributed by atoms with Crippen molar-refractivity contribution in [2.75, 3.05) is 32.8 Å². The highest BCUT2D eigenvalue weighted by molar-refractivity contribution is 7.80. The van der Waals surface area contributed by atoms with Gasteiger partial charge in [-0.25, -0.2) is 0 Å². The lowest BCUT2D eigenvalue weighted by molar-refractivity contribution is 0.145. The van der Waals surface area contributed by atoms with E-state index in [0.29, 0.717) is 0 Å². The van der Waals surface area contributed by atoms with Gasteiger partial charge < -0.3 is 15.0 Å². The molecule has 1 aliphatic rings. The van der Waals surface area contributed by atoms with Crippen molar-refractivity contribution in [2.45, 2.75) is 39.5 Å². The minimum atomic E-state index is 0.800. The summed E-state index contributed by atoms with van der Waals surface area (Å²) >= 11 is 5.43. The van der Waals surface area contributed by atoms with Crippen molar-refractivity contribution < 1.29 is 4.74 Å². The third-order valence-corrected chi connectivity index (χ3v) is 3.73. The summed E-state index contributed by atoms with van der Waals surface area (Å²) in [6.45, 7) is 9.09. The Bertz CT molecular complexity index is 223. The molecule has 1 N–H and O–H groups in total. The first kappa shape index (κ1) is 14.7. The van der Waals surface area contributed by atoms with E-state index in [1.807, 2.05) is 6.92 Å². The topological polar surface area (TPSA) is 24.5 Å². The molecule has 1 fully saturated rings. The summed E-state index contributed by atoms with van der Waals surface area (Å²) < 4.78 is 5.30. The van der Waals surface area contributed by atoms with Crippen LogP contribution in [0.2, 0.25) is 0 Å². The fourth-order valence-electron chi connectivity index (χ4n) is 2.21. The van der Waals surface area contributed by atoms with Crippen LogP contribution in [-0.2, 0) is 4.74 Å². The van der Waals surface area contributed by atoms with Crippen molar-refractivity contribution in [3.8, 4) is 0 Å².